The Kier molecular flexibility index (Phi) is 3.97. The molecule has 1 heterocycles. The Labute approximate surface area is 102 Å². The molecule has 0 bridgehead atoms. The molecule has 4 heteroatoms. The molecule has 1 fully saturated rings. The van der Waals surface area contributed by atoms with Crippen LogP contribution >= 0.6 is 0 Å². The quantitative estimate of drug-likeness (QED) is 0.844. The van der Waals surface area contributed by atoms with Crippen molar-refractivity contribution in [3.8, 4) is 0 Å². The Morgan fingerprint density at radius 2 is 2.06 bits per heavy atom. The lowest BCUT2D eigenvalue weighted by atomic mass is 10.1. The third-order valence-corrected chi connectivity index (χ3v) is 3.33. The molecule has 0 radical (unpaired) electrons. The summed E-state index contributed by atoms with van der Waals surface area (Å²) in [6.07, 6.45) is 1.06. The van der Waals surface area contributed by atoms with Gasteiger partial charge in [0, 0.05) is 26.2 Å². The Morgan fingerprint density at radius 3 is 2.82 bits per heavy atom. The van der Waals surface area contributed by atoms with Crippen LogP contribution in [0.25, 0.3) is 0 Å². The molecule has 2 rings (SSSR count). The third kappa shape index (κ3) is 2.76. The fourth-order valence-electron chi connectivity index (χ4n) is 2.35. The van der Waals surface area contributed by atoms with Crippen LogP contribution in [0.1, 0.15) is 12.0 Å². The Morgan fingerprint density at radius 1 is 1.24 bits per heavy atom. The average molecular weight is 237 g/mol. The highest BCUT2D eigenvalue weighted by molar-refractivity contribution is 5.55. The van der Waals surface area contributed by atoms with E-state index in [1.807, 2.05) is 6.07 Å². The van der Waals surface area contributed by atoms with Crippen molar-refractivity contribution in [3.63, 3.8) is 0 Å². The highest BCUT2D eigenvalue weighted by Crippen LogP contribution is 2.25. The van der Waals surface area contributed by atoms with E-state index in [-0.39, 0.29) is 5.82 Å². The van der Waals surface area contributed by atoms with E-state index in [0.717, 1.165) is 38.2 Å². The molecular weight excluding hydrogens is 217 g/mol. The topological polar surface area (TPSA) is 32.5 Å². The van der Waals surface area contributed by atoms with Gasteiger partial charge in [-0.2, -0.15) is 0 Å². The van der Waals surface area contributed by atoms with Crippen molar-refractivity contribution in [1.29, 1.82) is 0 Å². The normalized spacial score (nSPS) is 18.2. The number of rotatable bonds is 2. The van der Waals surface area contributed by atoms with Gasteiger partial charge in [-0.25, -0.2) is 4.39 Å². The molecule has 3 nitrogen and oxygen atoms in total. The number of nitrogens with two attached hydrogens (primary N) is 1. The van der Waals surface area contributed by atoms with Crippen molar-refractivity contribution >= 4 is 5.69 Å². The first kappa shape index (κ1) is 12.3. The fraction of sp³-hybridized carbons (Fsp3) is 0.538. The summed E-state index contributed by atoms with van der Waals surface area (Å²) in [5.74, 6) is -0.155. The van der Waals surface area contributed by atoms with Crippen LogP contribution in [-0.2, 0) is 6.54 Å². The summed E-state index contributed by atoms with van der Waals surface area (Å²) >= 11 is 0. The fourth-order valence-corrected chi connectivity index (χ4v) is 2.35. The number of benzene rings is 1. The highest BCUT2D eigenvalue weighted by Gasteiger charge is 2.18. The van der Waals surface area contributed by atoms with Crippen LogP contribution < -0.4 is 10.6 Å². The van der Waals surface area contributed by atoms with Crippen LogP contribution in [0.15, 0.2) is 18.2 Å². The first-order valence-corrected chi connectivity index (χ1v) is 6.13. The molecule has 0 unspecified atom stereocenters. The number of halogens is 1. The Bertz CT molecular complexity index is 381. The molecule has 0 aliphatic carbocycles. The molecule has 0 saturated carbocycles. The zero-order valence-electron chi connectivity index (χ0n) is 10.3. The van der Waals surface area contributed by atoms with Crippen LogP contribution in [0.2, 0.25) is 0 Å². The monoisotopic (exact) mass is 237 g/mol. The molecule has 1 aromatic carbocycles. The SMILES string of the molecule is CN1CCCN(c2c(F)cccc2CN)CC1. The van der Waals surface area contributed by atoms with Gasteiger partial charge < -0.3 is 15.5 Å². The molecule has 0 spiro atoms. The minimum absolute atomic E-state index is 0.155. The lowest BCUT2D eigenvalue weighted by Crippen LogP contribution is -2.30. The molecule has 1 aromatic rings. The summed E-state index contributed by atoms with van der Waals surface area (Å²) in [5.41, 5.74) is 7.29. The second-order valence-electron chi connectivity index (χ2n) is 4.60. The molecule has 2 N–H and O–H groups in total. The zero-order valence-corrected chi connectivity index (χ0v) is 10.3. The van der Waals surface area contributed by atoms with Gasteiger partial charge in [0.2, 0.25) is 0 Å². The van der Waals surface area contributed by atoms with Crippen molar-refractivity contribution in [1.82, 2.24) is 4.90 Å². The second-order valence-corrected chi connectivity index (χ2v) is 4.60. The van der Waals surface area contributed by atoms with E-state index in [0.29, 0.717) is 12.2 Å². The maximum atomic E-state index is 13.9. The van der Waals surface area contributed by atoms with Crippen molar-refractivity contribution in [3.05, 3.63) is 29.6 Å². The Balaban J connectivity index is 2.26. The Hall–Kier alpha value is -1.13. The molecule has 1 aliphatic rings. The maximum Gasteiger partial charge on any atom is 0.146 e. The second kappa shape index (κ2) is 5.47. The smallest absolute Gasteiger partial charge is 0.146 e. The van der Waals surface area contributed by atoms with E-state index in [9.17, 15) is 4.39 Å². The molecule has 17 heavy (non-hydrogen) atoms. The van der Waals surface area contributed by atoms with Crippen LogP contribution in [0.5, 0.6) is 0 Å². The van der Waals surface area contributed by atoms with E-state index in [1.165, 1.54) is 6.07 Å². The van der Waals surface area contributed by atoms with Gasteiger partial charge in [0.15, 0.2) is 0 Å². The van der Waals surface area contributed by atoms with Gasteiger partial charge in [-0.15, -0.1) is 0 Å². The van der Waals surface area contributed by atoms with E-state index >= 15 is 0 Å². The minimum Gasteiger partial charge on any atom is -0.368 e. The van der Waals surface area contributed by atoms with Gasteiger partial charge >= 0.3 is 0 Å². The van der Waals surface area contributed by atoms with Crippen LogP contribution in [0.4, 0.5) is 10.1 Å². The molecule has 0 amide bonds. The number of nitrogens with zero attached hydrogens (tertiary/aromatic N) is 2. The van der Waals surface area contributed by atoms with Gasteiger partial charge in [-0.1, -0.05) is 12.1 Å². The molecular formula is C13H20FN3. The van der Waals surface area contributed by atoms with Crippen LogP contribution in [0.3, 0.4) is 0 Å². The number of likely N-dealkylation sites (N-methyl/N-ethyl adjacent to an activating group) is 1. The predicted molar refractivity (Wildman–Crippen MR) is 68.6 cm³/mol. The number of hydrogen-bond donors (Lipinski definition) is 1. The number of hydrogen-bond acceptors (Lipinski definition) is 3. The lowest BCUT2D eigenvalue weighted by Gasteiger charge is -2.25. The predicted octanol–water partition coefficient (Wildman–Crippen LogP) is 1.43. The average Bonchev–Trinajstić information content (AvgIpc) is 2.54. The third-order valence-electron chi connectivity index (χ3n) is 3.33. The van der Waals surface area contributed by atoms with Gasteiger partial charge in [0.05, 0.1) is 5.69 Å². The first-order chi connectivity index (χ1) is 8.22. The standard InChI is InChI=1S/C13H20FN3/c1-16-6-3-7-17(9-8-16)13-11(10-15)4-2-5-12(13)14/h2,4-5H,3,6-10,15H2,1H3. The van der Waals surface area contributed by atoms with Crippen LogP contribution in [0, 0.1) is 5.82 Å². The van der Waals surface area contributed by atoms with Crippen molar-refractivity contribution in [2.24, 2.45) is 5.73 Å². The molecule has 0 atom stereocenters. The van der Waals surface area contributed by atoms with Gasteiger partial charge in [-0.3, -0.25) is 0 Å². The summed E-state index contributed by atoms with van der Waals surface area (Å²) in [6, 6.07) is 5.15. The summed E-state index contributed by atoms with van der Waals surface area (Å²) in [7, 11) is 2.11. The van der Waals surface area contributed by atoms with Crippen LogP contribution in [-0.4, -0.2) is 38.1 Å². The van der Waals surface area contributed by atoms with Crippen molar-refractivity contribution in [2.75, 3.05) is 38.1 Å². The van der Waals surface area contributed by atoms with E-state index < -0.39 is 0 Å². The summed E-state index contributed by atoms with van der Waals surface area (Å²) < 4.78 is 13.9. The molecule has 1 aliphatic heterocycles. The molecule has 1 saturated heterocycles. The minimum atomic E-state index is -0.155. The van der Waals surface area contributed by atoms with Crippen molar-refractivity contribution in [2.45, 2.75) is 13.0 Å². The van der Waals surface area contributed by atoms with Gasteiger partial charge in [0.1, 0.15) is 5.82 Å². The molecule has 0 aromatic heterocycles. The summed E-state index contributed by atoms with van der Waals surface area (Å²) in [6.45, 7) is 4.20. The van der Waals surface area contributed by atoms with Crippen molar-refractivity contribution < 1.29 is 4.39 Å². The largest absolute Gasteiger partial charge is 0.368 e. The van der Waals surface area contributed by atoms with Gasteiger partial charge in [0.25, 0.3) is 0 Å². The number of anilines is 1. The van der Waals surface area contributed by atoms with E-state index in [4.69, 9.17) is 5.73 Å². The molecule has 94 valence electrons. The number of para-hydroxylation sites is 1. The first-order valence-electron chi connectivity index (χ1n) is 6.13. The van der Waals surface area contributed by atoms with Gasteiger partial charge in [-0.05, 0) is 31.6 Å². The van der Waals surface area contributed by atoms with E-state index in [1.54, 1.807) is 6.07 Å². The lowest BCUT2D eigenvalue weighted by molar-refractivity contribution is 0.360. The summed E-state index contributed by atoms with van der Waals surface area (Å²) in [4.78, 5) is 4.41. The summed E-state index contributed by atoms with van der Waals surface area (Å²) in [5, 5.41) is 0. The maximum absolute atomic E-state index is 13.9. The highest BCUT2D eigenvalue weighted by atomic mass is 19.1. The van der Waals surface area contributed by atoms with E-state index in [2.05, 4.69) is 16.8 Å². The zero-order chi connectivity index (χ0) is 12.3.